The average molecular weight is 363 g/mol. The van der Waals surface area contributed by atoms with Crippen LogP contribution in [0.15, 0.2) is 40.8 Å². The van der Waals surface area contributed by atoms with Gasteiger partial charge in [0.05, 0.1) is 10.5 Å². The van der Waals surface area contributed by atoms with Gasteiger partial charge in [-0.15, -0.1) is 0 Å². The summed E-state index contributed by atoms with van der Waals surface area (Å²) in [5.74, 6) is -0.743. The second-order valence-electron chi connectivity index (χ2n) is 7.59. The van der Waals surface area contributed by atoms with E-state index in [9.17, 15) is 18.3 Å². The first-order valence-corrected chi connectivity index (χ1v) is 9.90. The van der Waals surface area contributed by atoms with Crippen molar-refractivity contribution >= 4 is 16.0 Å². The van der Waals surface area contributed by atoms with Crippen molar-refractivity contribution in [2.45, 2.75) is 55.2 Å². The van der Waals surface area contributed by atoms with Crippen LogP contribution in [0.5, 0.6) is 0 Å². The Morgan fingerprint density at radius 1 is 1.24 bits per heavy atom. The quantitative estimate of drug-likeness (QED) is 0.793. The molecule has 1 unspecified atom stereocenters. The topological polar surface area (TPSA) is 92.7 Å². The maximum Gasteiger partial charge on any atom is 0.337 e. The number of hydrogen-bond acceptors (Lipinski definition) is 5. The summed E-state index contributed by atoms with van der Waals surface area (Å²) >= 11 is 0. The number of carbonyl (C=O) groups excluding carboxylic acids is 1. The van der Waals surface area contributed by atoms with Gasteiger partial charge in [-0.05, 0) is 51.2 Å². The van der Waals surface area contributed by atoms with Gasteiger partial charge >= 0.3 is 5.97 Å². The Labute approximate surface area is 146 Å². The minimum atomic E-state index is -3.75. The summed E-state index contributed by atoms with van der Waals surface area (Å²) in [6.45, 7) is 3.63. The molecule has 4 rings (SSSR count). The Kier molecular flexibility index (Phi) is 3.45. The number of carbonyl (C=O) groups is 1. The molecule has 1 aromatic carbocycles. The molecular weight excluding hydrogens is 342 g/mol. The monoisotopic (exact) mass is 363 g/mol. The van der Waals surface area contributed by atoms with Gasteiger partial charge < -0.3 is 9.84 Å². The van der Waals surface area contributed by atoms with Crippen molar-refractivity contribution in [3.63, 3.8) is 0 Å². The first-order chi connectivity index (χ1) is 11.6. The Balaban J connectivity index is 1.70. The molecular formula is C18H21NO5S. The summed E-state index contributed by atoms with van der Waals surface area (Å²) in [6.07, 6.45) is 2.77. The number of rotatable bonds is 3. The van der Waals surface area contributed by atoms with Crippen LogP contribution in [0.1, 0.15) is 31.7 Å². The smallest absolute Gasteiger partial charge is 0.337 e. The fraction of sp³-hybridized carbons (Fsp3) is 0.500. The van der Waals surface area contributed by atoms with Crippen LogP contribution in [0.2, 0.25) is 0 Å². The van der Waals surface area contributed by atoms with Crippen LogP contribution in [-0.4, -0.2) is 36.7 Å². The summed E-state index contributed by atoms with van der Waals surface area (Å²) in [6, 6.07) is 6.60. The van der Waals surface area contributed by atoms with E-state index in [1.807, 2.05) is 6.92 Å². The van der Waals surface area contributed by atoms with E-state index in [2.05, 4.69) is 4.72 Å². The zero-order chi connectivity index (χ0) is 18.0. The molecule has 0 bridgehead atoms. The summed E-state index contributed by atoms with van der Waals surface area (Å²) in [4.78, 5) is 12.3. The first-order valence-electron chi connectivity index (χ1n) is 8.41. The highest BCUT2D eigenvalue weighted by molar-refractivity contribution is 7.89. The predicted molar refractivity (Wildman–Crippen MR) is 90.2 cm³/mol. The fourth-order valence-electron chi connectivity index (χ4n) is 4.43. The number of sulfonamides is 1. The lowest BCUT2D eigenvalue weighted by atomic mass is 9.71. The maximum atomic E-state index is 12.8. The molecule has 25 heavy (non-hydrogen) atoms. The molecule has 1 aliphatic heterocycles. The molecule has 7 heteroatoms. The Hall–Kier alpha value is -1.70. The van der Waals surface area contributed by atoms with Gasteiger partial charge in [0.25, 0.3) is 0 Å². The largest absolute Gasteiger partial charge is 0.455 e. The zero-order valence-electron chi connectivity index (χ0n) is 14.2. The molecule has 1 heterocycles. The Bertz CT molecular complexity index is 875. The first kappa shape index (κ1) is 16.8. The van der Waals surface area contributed by atoms with Crippen molar-refractivity contribution in [1.82, 2.24) is 4.72 Å². The van der Waals surface area contributed by atoms with Crippen LogP contribution in [0, 0.1) is 12.8 Å². The lowest BCUT2D eigenvalue weighted by molar-refractivity contribution is -0.140. The third kappa shape index (κ3) is 2.45. The molecule has 0 aromatic heterocycles. The molecule has 2 fully saturated rings. The molecule has 1 aromatic rings. The highest BCUT2D eigenvalue weighted by Gasteiger charge is 2.64. The van der Waals surface area contributed by atoms with E-state index < -0.39 is 33.2 Å². The van der Waals surface area contributed by atoms with Gasteiger partial charge in [0.2, 0.25) is 10.0 Å². The second-order valence-corrected chi connectivity index (χ2v) is 9.27. The van der Waals surface area contributed by atoms with E-state index in [4.69, 9.17) is 4.74 Å². The van der Waals surface area contributed by atoms with Gasteiger partial charge in [-0.25, -0.2) is 17.9 Å². The molecule has 0 radical (unpaired) electrons. The lowest BCUT2D eigenvalue weighted by Crippen LogP contribution is -2.54. The number of esters is 1. The van der Waals surface area contributed by atoms with Gasteiger partial charge in [-0.1, -0.05) is 23.8 Å². The maximum absolute atomic E-state index is 12.8. The van der Waals surface area contributed by atoms with Crippen molar-refractivity contribution in [1.29, 1.82) is 0 Å². The summed E-state index contributed by atoms with van der Waals surface area (Å²) in [5, 5.41) is 11.0. The Morgan fingerprint density at radius 2 is 1.92 bits per heavy atom. The van der Waals surface area contributed by atoms with Crippen molar-refractivity contribution in [2.75, 3.05) is 0 Å². The fourth-order valence-corrected chi connectivity index (χ4v) is 5.80. The molecule has 1 saturated heterocycles. The van der Waals surface area contributed by atoms with Gasteiger partial charge in [0.15, 0.2) is 0 Å². The van der Waals surface area contributed by atoms with Crippen LogP contribution >= 0.6 is 0 Å². The number of benzene rings is 1. The average Bonchev–Trinajstić information content (AvgIpc) is 2.95. The lowest BCUT2D eigenvalue weighted by Gasteiger charge is -2.40. The van der Waals surface area contributed by atoms with Crippen molar-refractivity contribution in [3.8, 4) is 0 Å². The van der Waals surface area contributed by atoms with Crippen molar-refractivity contribution < 1.29 is 23.1 Å². The number of nitrogens with one attached hydrogen (secondary N) is 1. The van der Waals surface area contributed by atoms with Crippen molar-refractivity contribution in [3.05, 3.63) is 41.5 Å². The molecule has 6 nitrogen and oxygen atoms in total. The van der Waals surface area contributed by atoms with Crippen LogP contribution in [0.25, 0.3) is 0 Å². The van der Waals surface area contributed by atoms with Gasteiger partial charge in [0.1, 0.15) is 11.7 Å². The van der Waals surface area contributed by atoms with Crippen LogP contribution < -0.4 is 4.72 Å². The summed E-state index contributed by atoms with van der Waals surface area (Å²) < 4.78 is 33.5. The standard InChI is InChI=1S/C18H21NO5S/c1-11-3-6-13(7-4-11)25(22,23)19-17(2)9-12-5-8-15-18(12,21)14(10-17)16(20)24-15/h3-4,6-7,10,12,15,19,21H,5,8-9H2,1-2H3/t12?,15-,17-,18+/m1/s1. The molecule has 2 aliphatic carbocycles. The predicted octanol–water partition coefficient (Wildman–Crippen LogP) is 1.43. The van der Waals surface area contributed by atoms with Gasteiger partial charge in [-0.3, -0.25) is 0 Å². The summed E-state index contributed by atoms with van der Waals surface area (Å²) in [5.41, 5.74) is -1.05. The zero-order valence-corrected chi connectivity index (χ0v) is 15.0. The number of hydrogen-bond donors (Lipinski definition) is 2. The third-order valence-corrected chi connectivity index (χ3v) is 7.25. The van der Waals surface area contributed by atoms with E-state index in [1.54, 1.807) is 37.3 Å². The molecule has 134 valence electrons. The Morgan fingerprint density at radius 3 is 2.60 bits per heavy atom. The van der Waals surface area contributed by atoms with E-state index in [1.165, 1.54) is 0 Å². The number of aryl methyl sites for hydroxylation is 1. The van der Waals surface area contributed by atoms with Crippen molar-refractivity contribution in [2.24, 2.45) is 5.92 Å². The number of ether oxygens (including phenoxy) is 1. The van der Waals surface area contributed by atoms with Gasteiger partial charge in [-0.2, -0.15) is 0 Å². The molecule has 3 aliphatic rings. The van der Waals surface area contributed by atoms with Crippen LogP contribution in [-0.2, 0) is 19.6 Å². The van der Waals surface area contributed by atoms with E-state index in [0.717, 1.165) is 5.56 Å². The van der Waals surface area contributed by atoms with E-state index >= 15 is 0 Å². The third-order valence-electron chi connectivity index (χ3n) is 5.62. The van der Waals surface area contributed by atoms with E-state index in [0.29, 0.717) is 19.3 Å². The van der Waals surface area contributed by atoms with Crippen LogP contribution in [0.3, 0.4) is 0 Å². The number of aliphatic hydroxyl groups is 1. The summed E-state index contributed by atoms with van der Waals surface area (Å²) in [7, 11) is -3.75. The molecule has 0 amide bonds. The highest BCUT2D eigenvalue weighted by Crippen LogP contribution is 2.53. The second kappa shape index (κ2) is 5.16. The minimum absolute atomic E-state index is 0.178. The molecule has 0 spiro atoms. The SMILES string of the molecule is Cc1ccc(S(=O)(=O)N[C@@]2(C)C=C3C(=O)O[C@@H]4CCC(C2)[C@]34O)cc1. The highest BCUT2D eigenvalue weighted by atomic mass is 32.2. The van der Waals surface area contributed by atoms with Crippen LogP contribution in [0.4, 0.5) is 0 Å². The molecule has 4 atom stereocenters. The minimum Gasteiger partial charge on any atom is -0.455 e. The molecule has 1 saturated carbocycles. The van der Waals surface area contributed by atoms with Gasteiger partial charge in [0, 0.05) is 5.54 Å². The molecule has 2 N–H and O–H groups in total. The normalized spacial score (nSPS) is 36.8. The van der Waals surface area contributed by atoms with E-state index in [-0.39, 0.29) is 16.4 Å².